The van der Waals surface area contributed by atoms with E-state index in [-0.39, 0.29) is 0 Å². The lowest BCUT2D eigenvalue weighted by Gasteiger charge is -2.31. The molecule has 17 heavy (non-hydrogen) atoms. The summed E-state index contributed by atoms with van der Waals surface area (Å²) in [5.41, 5.74) is 0. The van der Waals surface area contributed by atoms with Gasteiger partial charge in [-0.1, -0.05) is 6.92 Å². The lowest BCUT2D eigenvalue weighted by Crippen LogP contribution is -2.35. The fraction of sp³-hybridized carbons (Fsp3) is 0.769. The predicted molar refractivity (Wildman–Crippen MR) is 65.7 cm³/mol. The van der Waals surface area contributed by atoms with Gasteiger partial charge in [-0.25, -0.2) is 4.98 Å². The van der Waals surface area contributed by atoms with Crippen molar-refractivity contribution >= 4 is 0 Å². The zero-order chi connectivity index (χ0) is 12.3. The van der Waals surface area contributed by atoms with Crippen LogP contribution in [0.15, 0.2) is 10.6 Å². The van der Waals surface area contributed by atoms with E-state index in [0.29, 0.717) is 11.7 Å². The number of likely N-dealkylation sites (tertiary alicyclic amines) is 1. The molecule has 1 fully saturated rings. The molecule has 1 saturated heterocycles. The molecule has 2 rings (SSSR count). The average Bonchev–Trinajstić information content (AvgIpc) is 2.78. The van der Waals surface area contributed by atoms with Gasteiger partial charge in [0.2, 0.25) is 0 Å². The number of aliphatic hydroxyl groups is 1. The quantitative estimate of drug-likeness (QED) is 0.871. The number of nitrogens with zero attached hydrogens (tertiary/aromatic N) is 2. The van der Waals surface area contributed by atoms with Gasteiger partial charge in [0.05, 0.1) is 6.20 Å². The molecule has 1 aliphatic heterocycles. The van der Waals surface area contributed by atoms with Crippen molar-refractivity contribution in [2.45, 2.75) is 39.2 Å². The molecule has 2 atom stereocenters. The predicted octanol–water partition coefficient (Wildman–Crippen LogP) is 2.00. The summed E-state index contributed by atoms with van der Waals surface area (Å²) in [6.45, 7) is 7.39. The van der Waals surface area contributed by atoms with Crippen LogP contribution < -0.4 is 0 Å². The summed E-state index contributed by atoms with van der Waals surface area (Å²) in [6.07, 6.45) is 4.49. The van der Waals surface area contributed by atoms with Gasteiger partial charge < -0.3 is 14.4 Å². The molecule has 96 valence electrons. The standard InChI is InChI=1S/C13H22N2O2/c1-3-15-6-4-5-11(9-15)7-13-14-8-12(17-13)10(2)16/h8,10-11,16H,3-7,9H2,1-2H3. The van der Waals surface area contributed by atoms with Crippen molar-refractivity contribution in [3.05, 3.63) is 17.8 Å². The Hall–Kier alpha value is -0.870. The smallest absolute Gasteiger partial charge is 0.194 e. The van der Waals surface area contributed by atoms with E-state index in [4.69, 9.17) is 4.42 Å². The molecule has 4 nitrogen and oxygen atoms in total. The number of hydrogen-bond donors (Lipinski definition) is 1. The van der Waals surface area contributed by atoms with Gasteiger partial charge >= 0.3 is 0 Å². The van der Waals surface area contributed by atoms with Crippen molar-refractivity contribution < 1.29 is 9.52 Å². The monoisotopic (exact) mass is 238 g/mol. The maximum atomic E-state index is 9.38. The molecule has 1 aromatic rings. The summed E-state index contributed by atoms with van der Waals surface area (Å²) < 4.78 is 5.54. The molecule has 0 aliphatic carbocycles. The lowest BCUT2D eigenvalue weighted by atomic mass is 9.95. The van der Waals surface area contributed by atoms with Gasteiger partial charge in [0.1, 0.15) is 6.10 Å². The van der Waals surface area contributed by atoms with Crippen molar-refractivity contribution in [3.8, 4) is 0 Å². The first-order chi connectivity index (χ1) is 8.19. The summed E-state index contributed by atoms with van der Waals surface area (Å²) in [7, 11) is 0. The third-order valence-electron chi connectivity index (χ3n) is 3.50. The zero-order valence-electron chi connectivity index (χ0n) is 10.7. The normalized spacial score (nSPS) is 23.8. The molecule has 0 amide bonds. The van der Waals surface area contributed by atoms with Crippen molar-refractivity contribution in [3.63, 3.8) is 0 Å². The first kappa shape index (κ1) is 12.6. The number of oxazole rings is 1. The van der Waals surface area contributed by atoms with Crippen LogP contribution >= 0.6 is 0 Å². The van der Waals surface area contributed by atoms with Crippen LogP contribution in [0, 0.1) is 5.92 Å². The summed E-state index contributed by atoms with van der Waals surface area (Å²) in [5, 5.41) is 9.38. The SMILES string of the molecule is CCN1CCCC(Cc2ncc(C(C)O)o2)C1. The Bertz CT molecular complexity index is 349. The van der Waals surface area contributed by atoms with Gasteiger partial charge in [-0.2, -0.15) is 0 Å². The minimum atomic E-state index is -0.560. The number of piperidine rings is 1. The molecular weight excluding hydrogens is 216 g/mol. The minimum absolute atomic E-state index is 0.560. The van der Waals surface area contributed by atoms with Crippen LogP contribution in [0.25, 0.3) is 0 Å². The van der Waals surface area contributed by atoms with Gasteiger partial charge in [0, 0.05) is 13.0 Å². The van der Waals surface area contributed by atoms with Crippen LogP contribution in [0.5, 0.6) is 0 Å². The Labute approximate surface area is 103 Å². The van der Waals surface area contributed by atoms with E-state index in [2.05, 4.69) is 16.8 Å². The Kier molecular flexibility index (Phi) is 4.18. The first-order valence-corrected chi connectivity index (χ1v) is 6.54. The Morgan fingerprint density at radius 1 is 1.65 bits per heavy atom. The second-order valence-corrected chi connectivity index (χ2v) is 4.94. The van der Waals surface area contributed by atoms with Crippen LogP contribution in [0.3, 0.4) is 0 Å². The molecule has 2 unspecified atom stereocenters. The summed E-state index contributed by atoms with van der Waals surface area (Å²) in [6, 6.07) is 0. The van der Waals surface area contributed by atoms with Crippen LogP contribution in [0.1, 0.15) is 44.4 Å². The molecule has 0 aromatic carbocycles. The van der Waals surface area contributed by atoms with Gasteiger partial charge in [-0.15, -0.1) is 0 Å². The van der Waals surface area contributed by atoms with E-state index in [1.165, 1.54) is 19.4 Å². The fourth-order valence-electron chi connectivity index (χ4n) is 2.46. The molecule has 0 saturated carbocycles. The molecule has 0 bridgehead atoms. The third-order valence-corrected chi connectivity index (χ3v) is 3.50. The Morgan fingerprint density at radius 3 is 3.12 bits per heavy atom. The molecule has 4 heteroatoms. The van der Waals surface area contributed by atoms with Crippen LogP contribution in [0.4, 0.5) is 0 Å². The summed E-state index contributed by atoms with van der Waals surface area (Å²) in [5.74, 6) is 1.98. The zero-order valence-corrected chi connectivity index (χ0v) is 10.7. The topological polar surface area (TPSA) is 49.5 Å². The van der Waals surface area contributed by atoms with Crippen molar-refractivity contribution in [1.29, 1.82) is 0 Å². The highest BCUT2D eigenvalue weighted by molar-refractivity contribution is 4.98. The Morgan fingerprint density at radius 2 is 2.47 bits per heavy atom. The van der Waals surface area contributed by atoms with Crippen LogP contribution in [-0.2, 0) is 6.42 Å². The second kappa shape index (κ2) is 5.65. The van der Waals surface area contributed by atoms with E-state index in [0.717, 1.165) is 25.4 Å². The number of hydrogen-bond acceptors (Lipinski definition) is 4. The third kappa shape index (κ3) is 3.30. The van der Waals surface area contributed by atoms with Crippen LogP contribution in [-0.4, -0.2) is 34.6 Å². The molecule has 1 N–H and O–H groups in total. The molecule has 2 heterocycles. The largest absolute Gasteiger partial charge is 0.443 e. The molecular formula is C13H22N2O2. The summed E-state index contributed by atoms with van der Waals surface area (Å²) >= 11 is 0. The molecule has 1 aromatic heterocycles. The highest BCUT2D eigenvalue weighted by Crippen LogP contribution is 2.21. The van der Waals surface area contributed by atoms with Gasteiger partial charge in [-0.05, 0) is 38.8 Å². The van der Waals surface area contributed by atoms with E-state index in [1.807, 2.05) is 0 Å². The highest BCUT2D eigenvalue weighted by Gasteiger charge is 2.21. The molecule has 1 aliphatic rings. The molecule has 0 radical (unpaired) electrons. The van der Waals surface area contributed by atoms with Crippen molar-refractivity contribution in [2.24, 2.45) is 5.92 Å². The first-order valence-electron chi connectivity index (χ1n) is 6.54. The average molecular weight is 238 g/mol. The maximum Gasteiger partial charge on any atom is 0.194 e. The van der Waals surface area contributed by atoms with E-state index < -0.39 is 6.10 Å². The fourth-order valence-corrected chi connectivity index (χ4v) is 2.46. The lowest BCUT2D eigenvalue weighted by molar-refractivity contribution is 0.158. The number of aliphatic hydroxyl groups excluding tert-OH is 1. The highest BCUT2D eigenvalue weighted by atomic mass is 16.4. The van der Waals surface area contributed by atoms with E-state index >= 15 is 0 Å². The van der Waals surface area contributed by atoms with Gasteiger partial charge in [-0.3, -0.25) is 0 Å². The maximum absolute atomic E-state index is 9.38. The number of rotatable bonds is 4. The van der Waals surface area contributed by atoms with Crippen LogP contribution in [0.2, 0.25) is 0 Å². The Balaban J connectivity index is 1.91. The number of aromatic nitrogens is 1. The van der Waals surface area contributed by atoms with Gasteiger partial charge in [0.25, 0.3) is 0 Å². The molecule has 0 spiro atoms. The van der Waals surface area contributed by atoms with Gasteiger partial charge in [0.15, 0.2) is 11.7 Å². The minimum Gasteiger partial charge on any atom is -0.443 e. The van der Waals surface area contributed by atoms with E-state index in [9.17, 15) is 5.11 Å². The van der Waals surface area contributed by atoms with Crippen molar-refractivity contribution in [2.75, 3.05) is 19.6 Å². The summed E-state index contributed by atoms with van der Waals surface area (Å²) in [4.78, 5) is 6.72. The van der Waals surface area contributed by atoms with E-state index in [1.54, 1.807) is 13.1 Å². The second-order valence-electron chi connectivity index (χ2n) is 4.94. The van der Waals surface area contributed by atoms with Crippen molar-refractivity contribution in [1.82, 2.24) is 9.88 Å².